The van der Waals surface area contributed by atoms with Gasteiger partial charge in [-0.2, -0.15) is 4.31 Å². The Morgan fingerprint density at radius 3 is 2.27 bits per heavy atom. The maximum atomic E-state index is 12.5. The summed E-state index contributed by atoms with van der Waals surface area (Å²) in [6, 6.07) is 10.0. The highest BCUT2D eigenvalue weighted by molar-refractivity contribution is 7.89. The van der Waals surface area contributed by atoms with Gasteiger partial charge in [-0.25, -0.2) is 8.42 Å². The van der Waals surface area contributed by atoms with Crippen molar-refractivity contribution in [2.24, 2.45) is 0 Å². The number of esters is 1. The fourth-order valence-corrected chi connectivity index (χ4v) is 4.55. The average Bonchev–Trinajstić information content (AvgIpc) is 3.29. The lowest BCUT2D eigenvalue weighted by molar-refractivity contribution is -0.141. The second-order valence-electron chi connectivity index (χ2n) is 6.95. The fraction of sp³-hybridized carbons (Fsp3) is 0.318. The average molecular weight is 477 g/mol. The van der Waals surface area contributed by atoms with Crippen LogP contribution in [0.5, 0.6) is 11.5 Å². The fourth-order valence-electron chi connectivity index (χ4n) is 3.10. The van der Waals surface area contributed by atoms with Gasteiger partial charge in [0.15, 0.2) is 23.9 Å². The van der Waals surface area contributed by atoms with Gasteiger partial charge in [-0.15, -0.1) is 0 Å². The lowest BCUT2D eigenvalue weighted by Crippen LogP contribution is -2.32. The van der Waals surface area contributed by atoms with Crippen LogP contribution < -0.4 is 14.8 Å². The Morgan fingerprint density at radius 2 is 1.61 bits per heavy atom. The van der Waals surface area contributed by atoms with Crippen LogP contribution in [0.3, 0.4) is 0 Å². The van der Waals surface area contributed by atoms with Crippen LogP contribution in [0.25, 0.3) is 0 Å². The Labute approximate surface area is 191 Å². The number of ketones is 1. The maximum absolute atomic E-state index is 12.5. The van der Waals surface area contributed by atoms with E-state index in [-0.39, 0.29) is 17.3 Å². The van der Waals surface area contributed by atoms with Crippen LogP contribution in [0.4, 0.5) is 0 Å². The number of sulfonamides is 1. The molecule has 0 spiro atoms. The first-order valence-electron chi connectivity index (χ1n) is 10.2. The zero-order chi connectivity index (χ0) is 24.0. The van der Waals surface area contributed by atoms with Gasteiger partial charge in [-0.3, -0.25) is 14.4 Å². The smallest absolute Gasteiger partial charge is 0.325 e. The number of nitrogens with one attached hydrogen (secondary N) is 1. The summed E-state index contributed by atoms with van der Waals surface area (Å²) < 4.78 is 41.6. The van der Waals surface area contributed by atoms with Crippen molar-refractivity contribution in [1.29, 1.82) is 0 Å². The highest BCUT2D eigenvalue weighted by Gasteiger charge is 2.22. The van der Waals surface area contributed by atoms with E-state index in [2.05, 4.69) is 5.32 Å². The van der Waals surface area contributed by atoms with Gasteiger partial charge >= 0.3 is 5.97 Å². The Bertz CT molecular complexity index is 1140. The summed E-state index contributed by atoms with van der Waals surface area (Å²) in [6.45, 7) is 3.28. The molecular formula is C22H24N2O8S. The molecule has 0 saturated heterocycles. The van der Waals surface area contributed by atoms with Gasteiger partial charge in [-0.1, -0.05) is 13.8 Å². The Kier molecular flexibility index (Phi) is 7.67. The van der Waals surface area contributed by atoms with Crippen molar-refractivity contribution in [1.82, 2.24) is 9.62 Å². The highest BCUT2D eigenvalue weighted by Crippen LogP contribution is 2.32. The highest BCUT2D eigenvalue weighted by atomic mass is 32.2. The van der Waals surface area contributed by atoms with Gasteiger partial charge in [0, 0.05) is 24.2 Å². The third-order valence-electron chi connectivity index (χ3n) is 4.91. The molecule has 1 aliphatic rings. The summed E-state index contributed by atoms with van der Waals surface area (Å²) in [5, 5.41) is 2.38. The Hall–Kier alpha value is -3.44. The van der Waals surface area contributed by atoms with E-state index in [1.165, 1.54) is 40.7 Å². The molecule has 0 aromatic heterocycles. The molecule has 176 valence electrons. The summed E-state index contributed by atoms with van der Waals surface area (Å²) in [5.41, 5.74) is 0.480. The molecule has 33 heavy (non-hydrogen) atoms. The molecule has 0 aliphatic carbocycles. The predicted octanol–water partition coefficient (Wildman–Crippen LogP) is 1.60. The van der Waals surface area contributed by atoms with Crippen molar-refractivity contribution in [3.05, 3.63) is 53.6 Å². The van der Waals surface area contributed by atoms with Crippen molar-refractivity contribution < 1.29 is 37.0 Å². The van der Waals surface area contributed by atoms with Crippen molar-refractivity contribution >= 4 is 27.7 Å². The van der Waals surface area contributed by atoms with E-state index in [9.17, 15) is 22.8 Å². The third kappa shape index (κ3) is 5.68. The first-order chi connectivity index (χ1) is 15.8. The number of rotatable bonds is 10. The van der Waals surface area contributed by atoms with Crippen LogP contribution in [0, 0.1) is 0 Å². The second kappa shape index (κ2) is 10.5. The number of amides is 1. The largest absolute Gasteiger partial charge is 0.456 e. The van der Waals surface area contributed by atoms with E-state index >= 15 is 0 Å². The molecule has 0 saturated carbocycles. The lowest BCUT2D eigenvalue weighted by atomic mass is 10.1. The quantitative estimate of drug-likeness (QED) is 0.405. The van der Waals surface area contributed by atoms with E-state index < -0.39 is 40.8 Å². The van der Waals surface area contributed by atoms with Crippen LogP contribution in [-0.4, -0.2) is 63.4 Å². The molecule has 0 fully saturated rings. The van der Waals surface area contributed by atoms with Gasteiger partial charge in [0.1, 0.15) is 6.54 Å². The molecule has 11 heteroatoms. The molecular weight excluding hydrogens is 452 g/mol. The maximum Gasteiger partial charge on any atom is 0.325 e. The minimum Gasteiger partial charge on any atom is -0.456 e. The zero-order valence-electron chi connectivity index (χ0n) is 18.2. The molecule has 2 aromatic carbocycles. The molecule has 1 amide bonds. The summed E-state index contributed by atoms with van der Waals surface area (Å²) in [7, 11) is -3.63. The summed E-state index contributed by atoms with van der Waals surface area (Å²) >= 11 is 0. The molecule has 10 nitrogen and oxygen atoms in total. The topological polar surface area (TPSA) is 128 Å². The number of ether oxygens (including phenoxy) is 3. The molecule has 1 N–H and O–H groups in total. The summed E-state index contributed by atoms with van der Waals surface area (Å²) in [6.07, 6.45) is 0. The van der Waals surface area contributed by atoms with Gasteiger partial charge < -0.3 is 19.5 Å². The van der Waals surface area contributed by atoms with Crippen LogP contribution in [0.2, 0.25) is 0 Å². The van der Waals surface area contributed by atoms with E-state index in [0.717, 1.165) is 0 Å². The number of Topliss-reactive ketones (excluding diaryl/α,β-unsaturated/α-hetero) is 1. The monoisotopic (exact) mass is 476 g/mol. The standard InChI is InChI=1S/C22H24N2O8S/c1-3-24(4-2)33(28,29)17-8-5-15(6-9-17)22(27)23-12-21(26)30-13-18(25)16-7-10-19-20(11-16)32-14-31-19/h5-11H,3-4,12-14H2,1-2H3,(H,23,27). The van der Waals surface area contributed by atoms with Gasteiger partial charge in [0.2, 0.25) is 16.8 Å². The number of carbonyl (C=O) groups excluding carboxylic acids is 3. The van der Waals surface area contributed by atoms with Crippen LogP contribution in [0.15, 0.2) is 47.4 Å². The minimum absolute atomic E-state index is 0.0733. The van der Waals surface area contributed by atoms with Gasteiger partial charge in [-0.05, 0) is 42.5 Å². The first-order valence-corrected chi connectivity index (χ1v) is 11.7. The Morgan fingerprint density at radius 1 is 0.970 bits per heavy atom. The molecule has 0 atom stereocenters. The summed E-state index contributed by atoms with van der Waals surface area (Å²) in [5.74, 6) is -0.836. The third-order valence-corrected chi connectivity index (χ3v) is 6.98. The number of hydrogen-bond donors (Lipinski definition) is 1. The minimum atomic E-state index is -3.63. The van der Waals surface area contributed by atoms with Gasteiger partial charge in [0.25, 0.3) is 5.91 Å². The number of hydrogen-bond acceptors (Lipinski definition) is 8. The normalized spacial score (nSPS) is 12.5. The van der Waals surface area contributed by atoms with Gasteiger partial charge in [0.05, 0.1) is 4.90 Å². The molecule has 0 bridgehead atoms. The lowest BCUT2D eigenvalue weighted by Gasteiger charge is -2.18. The van der Waals surface area contributed by atoms with Crippen molar-refractivity contribution in [2.75, 3.05) is 33.0 Å². The van der Waals surface area contributed by atoms with Crippen LogP contribution in [-0.2, 0) is 19.6 Å². The predicted molar refractivity (Wildman–Crippen MR) is 117 cm³/mol. The molecule has 0 unspecified atom stereocenters. The van der Waals surface area contributed by atoms with Crippen molar-refractivity contribution in [3.8, 4) is 11.5 Å². The van der Waals surface area contributed by atoms with Crippen LogP contribution in [0.1, 0.15) is 34.6 Å². The van der Waals surface area contributed by atoms with E-state index in [0.29, 0.717) is 30.2 Å². The van der Waals surface area contributed by atoms with E-state index in [1.54, 1.807) is 19.9 Å². The van der Waals surface area contributed by atoms with E-state index in [1.807, 2.05) is 0 Å². The second-order valence-corrected chi connectivity index (χ2v) is 8.89. The first kappa shape index (κ1) is 24.2. The Balaban J connectivity index is 1.49. The number of benzene rings is 2. The molecule has 2 aromatic rings. The molecule has 0 radical (unpaired) electrons. The van der Waals surface area contributed by atoms with Crippen molar-refractivity contribution in [2.45, 2.75) is 18.7 Å². The molecule has 1 aliphatic heterocycles. The number of carbonyl (C=O) groups is 3. The summed E-state index contributed by atoms with van der Waals surface area (Å²) in [4.78, 5) is 36.4. The SMILES string of the molecule is CCN(CC)S(=O)(=O)c1ccc(C(=O)NCC(=O)OCC(=O)c2ccc3c(c2)OCO3)cc1. The van der Waals surface area contributed by atoms with Crippen LogP contribution >= 0.6 is 0 Å². The number of fused-ring (bicyclic) bond motifs is 1. The van der Waals surface area contributed by atoms with E-state index in [4.69, 9.17) is 14.2 Å². The molecule has 1 heterocycles. The zero-order valence-corrected chi connectivity index (χ0v) is 19.0. The molecule has 3 rings (SSSR count). The number of nitrogens with zero attached hydrogens (tertiary/aromatic N) is 1. The van der Waals surface area contributed by atoms with Crippen molar-refractivity contribution in [3.63, 3.8) is 0 Å².